The maximum absolute atomic E-state index is 3.62. The topological polar surface area (TPSA) is 0 Å². The Morgan fingerprint density at radius 3 is 2.36 bits per heavy atom. The molecule has 60 valence electrons. The molecule has 0 saturated carbocycles. The summed E-state index contributed by atoms with van der Waals surface area (Å²) in [5.41, 5.74) is 1.35. The van der Waals surface area contributed by atoms with Crippen molar-refractivity contribution in [3.63, 3.8) is 0 Å². The van der Waals surface area contributed by atoms with E-state index in [4.69, 9.17) is 0 Å². The second-order valence-electron chi connectivity index (χ2n) is 2.36. The SMILES string of the molecule is BrCC[C@@H](Br)c1ccccc1. The summed E-state index contributed by atoms with van der Waals surface area (Å²) >= 11 is 7.03. The first kappa shape index (κ1) is 9.27. The molecule has 0 aromatic heterocycles. The maximum atomic E-state index is 3.62. The number of halogens is 2. The van der Waals surface area contributed by atoms with Crippen molar-refractivity contribution in [2.45, 2.75) is 11.2 Å². The molecule has 1 aromatic rings. The van der Waals surface area contributed by atoms with Gasteiger partial charge in [0, 0.05) is 10.2 Å². The van der Waals surface area contributed by atoms with Gasteiger partial charge in [-0.05, 0) is 12.0 Å². The fraction of sp³-hybridized carbons (Fsp3) is 0.333. The van der Waals surface area contributed by atoms with Gasteiger partial charge in [0.25, 0.3) is 0 Å². The van der Waals surface area contributed by atoms with Crippen LogP contribution in [0.1, 0.15) is 16.8 Å². The van der Waals surface area contributed by atoms with Crippen molar-refractivity contribution in [1.82, 2.24) is 0 Å². The van der Waals surface area contributed by atoms with E-state index in [1.54, 1.807) is 0 Å². The third-order valence-corrected chi connectivity index (χ3v) is 2.97. The number of benzene rings is 1. The zero-order chi connectivity index (χ0) is 8.10. The van der Waals surface area contributed by atoms with Gasteiger partial charge in [0.1, 0.15) is 0 Å². The lowest BCUT2D eigenvalue weighted by Crippen LogP contribution is -1.89. The van der Waals surface area contributed by atoms with E-state index in [1.807, 2.05) is 6.07 Å². The standard InChI is InChI=1S/C9H10Br2/c10-7-6-9(11)8-4-2-1-3-5-8/h1-5,9H,6-7H2/t9-/m1/s1. The second kappa shape index (κ2) is 4.94. The number of alkyl halides is 2. The van der Waals surface area contributed by atoms with E-state index < -0.39 is 0 Å². The third kappa shape index (κ3) is 2.96. The average Bonchev–Trinajstić information content (AvgIpc) is 2.07. The summed E-state index contributed by atoms with van der Waals surface area (Å²) < 4.78 is 0. The Morgan fingerprint density at radius 1 is 1.18 bits per heavy atom. The minimum atomic E-state index is 0.489. The first-order chi connectivity index (χ1) is 5.34. The van der Waals surface area contributed by atoms with Crippen LogP contribution in [0.25, 0.3) is 0 Å². The van der Waals surface area contributed by atoms with Crippen LogP contribution in [-0.4, -0.2) is 5.33 Å². The summed E-state index contributed by atoms with van der Waals surface area (Å²) in [5.74, 6) is 0. The van der Waals surface area contributed by atoms with Crippen molar-refractivity contribution in [3.8, 4) is 0 Å². The van der Waals surface area contributed by atoms with Gasteiger partial charge >= 0.3 is 0 Å². The number of rotatable bonds is 3. The monoisotopic (exact) mass is 276 g/mol. The second-order valence-corrected chi connectivity index (χ2v) is 4.25. The molecule has 0 fully saturated rings. The first-order valence-electron chi connectivity index (χ1n) is 3.59. The van der Waals surface area contributed by atoms with Gasteiger partial charge in [-0.1, -0.05) is 62.2 Å². The van der Waals surface area contributed by atoms with Crippen molar-refractivity contribution < 1.29 is 0 Å². The largest absolute Gasteiger partial charge is 0.0928 e. The molecule has 2 heteroatoms. The molecule has 0 aliphatic rings. The molecule has 0 amide bonds. The van der Waals surface area contributed by atoms with Crippen LogP contribution in [0.5, 0.6) is 0 Å². The van der Waals surface area contributed by atoms with Crippen LogP contribution in [0.4, 0.5) is 0 Å². The number of hydrogen-bond acceptors (Lipinski definition) is 0. The van der Waals surface area contributed by atoms with Crippen LogP contribution in [0.3, 0.4) is 0 Å². The van der Waals surface area contributed by atoms with E-state index in [1.165, 1.54) is 5.56 Å². The van der Waals surface area contributed by atoms with Crippen LogP contribution < -0.4 is 0 Å². The van der Waals surface area contributed by atoms with Gasteiger partial charge in [0.15, 0.2) is 0 Å². The summed E-state index contributed by atoms with van der Waals surface area (Å²) in [6.45, 7) is 0. The van der Waals surface area contributed by atoms with Crippen molar-refractivity contribution >= 4 is 31.9 Å². The summed E-state index contributed by atoms with van der Waals surface area (Å²) in [4.78, 5) is 0.489. The molecule has 0 radical (unpaired) electrons. The molecule has 0 N–H and O–H groups in total. The molecule has 0 saturated heterocycles. The van der Waals surface area contributed by atoms with Gasteiger partial charge in [-0.15, -0.1) is 0 Å². The van der Waals surface area contributed by atoms with Crippen molar-refractivity contribution in [1.29, 1.82) is 0 Å². The van der Waals surface area contributed by atoms with Crippen LogP contribution in [0.2, 0.25) is 0 Å². The van der Waals surface area contributed by atoms with E-state index in [9.17, 15) is 0 Å². The van der Waals surface area contributed by atoms with E-state index in [0.717, 1.165) is 11.8 Å². The maximum Gasteiger partial charge on any atom is 0.0403 e. The lowest BCUT2D eigenvalue weighted by molar-refractivity contribution is 0.928. The molecule has 0 heterocycles. The third-order valence-electron chi connectivity index (χ3n) is 1.52. The Labute approximate surface area is 84.3 Å². The zero-order valence-corrected chi connectivity index (χ0v) is 9.31. The molecule has 1 rings (SSSR count). The van der Waals surface area contributed by atoms with Crippen LogP contribution in [0.15, 0.2) is 30.3 Å². The lowest BCUT2D eigenvalue weighted by atomic mass is 10.1. The highest BCUT2D eigenvalue weighted by atomic mass is 79.9. The van der Waals surface area contributed by atoms with Gasteiger partial charge in [-0.2, -0.15) is 0 Å². The Bertz CT molecular complexity index is 196. The Hall–Kier alpha value is 0.180. The quantitative estimate of drug-likeness (QED) is 0.735. The van der Waals surface area contributed by atoms with Gasteiger partial charge < -0.3 is 0 Å². The molecule has 0 aliphatic carbocycles. The molecule has 0 spiro atoms. The summed E-state index contributed by atoms with van der Waals surface area (Å²) in [7, 11) is 0. The zero-order valence-electron chi connectivity index (χ0n) is 6.13. The normalized spacial score (nSPS) is 12.9. The molecular weight excluding hydrogens is 268 g/mol. The summed E-state index contributed by atoms with van der Waals surface area (Å²) in [6, 6.07) is 10.5. The van der Waals surface area contributed by atoms with Crippen LogP contribution >= 0.6 is 31.9 Å². The molecular formula is C9H10Br2. The molecule has 0 bridgehead atoms. The molecule has 0 aliphatic heterocycles. The van der Waals surface area contributed by atoms with Crippen LogP contribution in [0, 0.1) is 0 Å². The Morgan fingerprint density at radius 2 is 1.82 bits per heavy atom. The average molecular weight is 278 g/mol. The fourth-order valence-corrected chi connectivity index (χ4v) is 2.53. The van der Waals surface area contributed by atoms with Gasteiger partial charge in [0.2, 0.25) is 0 Å². The van der Waals surface area contributed by atoms with Crippen LogP contribution in [-0.2, 0) is 0 Å². The Kier molecular flexibility index (Phi) is 4.16. The minimum Gasteiger partial charge on any atom is -0.0928 e. The van der Waals surface area contributed by atoms with E-state index in [0.29, 0.717) is 4.83 Å². The van der Waals surface area contributed by atoms with Crippen molar-refractivity contribution in [3.05, 3.63) is 35.9 Å². The minimum absolute atomic E-state index is 0.489. The smallest absolute Gasteiger partial charge is 0.0403 e. The van der Waals surface area contributed by atoms with E-state index >= 15 is 0 Å². The van der Waals surface area contributed by atoms with Gasteiger partial charge in [-0.25, -0.2) is 0 Å². The first-order valence-corrected chi connectivity index (χ1v) is 5.63. The van der Waals surface area contributed by atoms with Crippen molar-refractivity contribution in [2.24, 2.45) is 0 Å². The highest BCUT2D eigenvalue weighted by Crippen LogP contribution is 2.26. The predicted octanol–water partition coefficient (Wildman–Crippen LogP) is 3.91. The molecule has 1 aromatic carbocycles. The number of hydrogen-bond donors (Lipinski definition) is 0. The fourth-order valence-electron chi connectivity index (χ4n) is 0.924. The van der Waals surface area contributed by atoms with Gasteiger partial charge in [0.05, 0.1) is 0 Å². The molecule has 1 atom stereocenters. The summed E-state index contributed by atoms with van der Waals surface area (Å²) in [6.07, 6.45) is 1.13. The van der Waals surface area contributed by atoms with E-state index in [-0.39, 0.29) is 0 Å². The molecule has 0 nitrogen and oxygen atoms in total. The van der Waals surface area contributed by atoms with Crippen molar-refractivity contribution in [2.75, 3.05) is 5.33 Å². The van der Waals surface area contributed by atoms with E-state index in [2.05, 4.69) is 56.1 Å². The predicted molar refractivity (Wildman–Crippen MR) is 56.5 cm³/mol. The summed E-state index contributed by atoms with van der Waals surface area (Å²) in [5, 5.41) is 1.04. The highest BCUT2D eigenvalue weighted by Gasteiger charge is 2.03. The Balaban J connectivity index is 2.61. The molecule has 0 unspecified atom stereocenters. The highest BCUT2D eigenvalue weighted by molar-refractivity contribution is 9.09. The lowest BCUT2D eigenvalue weighted by Gasteiger charge is -2.06. The van der Waals surface area contributed by atoms with Gasteiger partial charge in [-0.3, -0.25) is 0 Å². The molecule has 11 heavy (non-hydrogen) atoms.